The maximum Gasteiger partial charge on any atom is 0.265 e. The smallest absolute Gasteiger partial charge is 0.265 e. The second-order valence-corrected chi connectivity index (χ2v) is 10.1. The molecule has 33 heavy (non-hydrogen) atoms. The number of benzene rings is 2. The van der Waals surface area contributed by atoms with Crippen LogP contribution in [0, 0.1) is 5.92 Å². The van der Waals surface area contributed by atoms with Crippen LogP contribution in [0.5, 0.6) is 11.5 Å². The van der Waals surface area contributed by atoms with Crippen molar-refractivity contribution in [3.05, 3.63) is 48.0 Å². The van der Waals surface area contributed by atoms with Crippen LogP contribution in [0.1, 0.15) is 25.3 Å². The molecule has 0 aromatic heterocycles. The highest BCUT2D eigenvalue weighted by atomic mass is 32.2. The molecule has 0 saturated carbocycles. The Bertz CT molecular complexity index is 1140. The van der Waals surface area contributed by atoms with E-state index in [-0.39, 0.29) is 35.7 Å². The number of rotatable bonds is 6. The van der Waals surface area contributed by atoms with E-state index in [0.29, 0.717) is 30.8 Å². The topological polar surface area (TPSA) is 114 Å². The Morgan fingerprint density at radius 1 is 1.18 bits per heavy atom. The molecule has 2 N–H and O–H groups in total. The molecule has 2 aliphatic rings. The van der Waals surface area contributed by atoms with E-state index in [4.69, 9.17) is 9.47 Å². The van der Waals surface area contributed by atoms with Crippen LogP contribution in [-0.4, -0.2) is 50.8 Å². The van der Waals surface area contributed by atoms with E-state index in [0.717, 1.165) is 11.3 Å². The van der Waals surface area contributed by atoms with Crippen LogP contribution in [0.4, 0.5) is 5.69 Å². The first-order valence-electron chi connectivity index (χ1n) is 10.8. The largest absolute Gasteiger partial charge is 0.497 e. The molecule has 1 saturated heterocycles. The zero-order valence-electron chi connectivity index (χ0n) is 18.5. The Morgan fingerprint density at radius 2 is 1.88 bits per heavy atom. The lowest BCUT2D eigenvalue weighted by atomic mass is 9.97. The fraction of sp³-hybridized carbons (Fsp3) is 0.391. The van der Waals surface area contributed by atoms with Crippen molar-refractivity contribution in [2.24, 2.45) is 5.92 Å². The average molecular weight is 474 g/mol. The van der Waals surface area contributed by atoms with E-state index in [1.807, 2.05) is 24.3 Å². The van der Waals surface area contributed by atoms with Gasteiger partial charge in [0.25, 0.3) is 5.91 Å². The van der Waals surface area contributed by atoms with Gasteiger partial charge in [-0.05, 0) is 55.7 Å². The van der Waals surface area contributed by atoms with Gasteiger partial charge in [-0.25, -0.2) is 8.42 Å². The summed E-state index contributed by atoms with van der Waals surface area (Å²) in [5, 5.41) is 5.61. The maximum atomic E-state index is 13.1. The summed E-state index contributed by atoms with van der Waals surface area (Å²) in [5.74, 6) is 0.548. The number of anilines is 1. The van der Waals surface area contributed by atoms with E-state index in [9.17, 15) is 18.0 Å². The van der Waals surface area contributed by atoms with Gasteiger partial charge in [0.05, 0.1) is 17.7 Å². The number of nitrogens with zero attached hydrogens (tertiary/aromatic N) is 1. The van der Waals surface area contributed by atoms with Crippen molar-refractivity contribution < 1.29 is 27.5 Å². The Kier molecular flexibility index (Phi) is 6.57. The molecule has 2 amide bonds. The fourth-order valence-electron chi connectivity index (χ4n) is 3.93. The molecule has 0 aliphatic carbocycles. The summed E-state index contributed by atoms with van der Waals surface area (Å²) in [6.45, 7) is 2.53. The van der Waals surface area contributed by atoms with Crippen molar-refractivity contribution in [3.63, 3.8) is 0 Å². The molecular weight excluding hydrogens is 446 g/mol. The first kappa shape index (κ1) is 23.1. The number of sulfonamides is 1. The van der Waals surface area contributed by atoms with E-state index in [1.54, 1.807) is 20.1 Å². The number of hydrogen-bond acceptors (Lipinski definition) is 6. The molecule has 10 heteroatoms. The van der Waals surface area contributed by atoms with Crippen LogP contribution in [0.2, 0.25) is 0 Å². The van der Waals surface area contributed by atoms with Gasteiger partial charge >= 0.3 is 0 Å². The van der Waals surface area contributed by atoms with Crippen molar-refractivity contribution in [1.29, 1.82) is 0 Å². The first-order chi connectivity index (χ1) is 15.8. The van der Waals surface area contributed by atoms with Gasteiger partial charge in [0.1, 0.15) is 11.5 Å². The lowest BCUT2D eigenvalue weighted by molar-refractivity contribution is -0.126. The Balaban J connectivity index is 1.34. The van der Waals surface area contributed by atoms with Crippen LogP contribution in [0.25, 0.3) is 0 Å². The van der Waals surface area contributed by atoms with Crippen molar-refractivity contribution in [2.75, 3.05) is 25.5 Å². The van der Waals surface area contributed by atoms with Crippen LogP contribution in [0.3, 0.4) is 0 Å². The van der Waals surface area contributed by atoms with Gasteiger partial charge < -0.3 is 20.1 Å². The number of methoxy groups -OCH3 is 1. The van der Waals surface area contributed by atoms with E-state index in [2.05, 4.69) is 10.6 Å². The van der Waals surface area contributed by atoms with Crippen molar-refractivity contribution in [2.45, 2.75) is 37.3 Å². The predicted molar refractivity (Wildman–Crippen MR) is 121 cm³/mol. The van der Waals surface area contributed by atoms with Gasteiger partial charge in [-0.15, -0.1) is 0 Å². The van der Waals surface area contributed by atoms with Crippen molar-refractivity contribution in [3.8, 4) is 11.5 Å². The minimum atomic E-state index is -3.75. The summed E-state index contributed by atoms with van der Waals surface area (Å²) in [4.78, 5) is 24.5. The summed E-state index contributed by atoms with van der Waals surface area (Å²) < 4.78 is 38.2. The number of nitrogens with one attached hydrogen (secondary N) is 2. The van der Waals surface area contributed by atoms with E-state index in [1.165, 1.54) is 16.4 Å². The van der Waals surface area contributed by atoms with Crippen LogP contribution >= 0.6 is 0 Å². The zero-order valence-corrected chi connectivity index (χ0v) is 19.4. The van der Waals surface area contributed by atoms with Gasteiger partial charge in [-0.2, -0.15) is 4.31 Å². The summed E-state index contributed by atoms with van der Waals surface area (Å²) in [5.41, 5.74) is 1.30. The zero-order chi connectivity index (χ0) is 23.6. The highest BCUT2D eigenvalue weighted by Crippen LogP contribution is 2.33. The first-order valence-corrected chi connectivity index (χ1v) is 12.2. The van der Waals surface area contributed by atoms with E-state index < -0.39 is 16.1 Å². The Labute approximate surface area is 193 Å². The highest BCUT2D eigenvalue weighted by molar-refractivity contribution is 7.89. The van der Waals surface area contributed by atoms with Gasteiger partial charge in [0.2, 0.25) is 15.9 Å². The molecule has 2 aromatic rings. The Morgan fingerprint density at radius 3 is 2.55 bits per heavy atom. The van der Waals surface area contributed by atoms with Crippen LogP contribution < -0.4 is 20.1 Å². The third-order valence-corrected chi connectivity index (χ3v) is 7.86. The lowest BCUT2D eigenvalue weighted by Gasteiger charge is -2.31. The van der Waals surface area contributed by atoms with E-state index >= 15 is 0 Å². The molecule has 2 aromatic carbocycles. The van der Waals surface area contributed by atoms with Crippen LogP contribution in [-0.2, 0) is 26.2 Å². The molecule has 4 rings (SSSR count). The summed E-state index contributed by atoms with van der Waals surface area (Å²) in [7, 11) is -2.16. The third kappa shape index (κ3) is 4.96. The normalized spacial score (nSPS) is 19.2. The molecule has 0 bridgehead atoms. The van der Waals surface area contributed by atoms with Gasteiger partial charge in [-0.3, -0.25) is 9.59 Å². The quantitative estimate of drug-likeness (QED) is 0.665. The number of fused-ring (bicyclic) bond motifs is 1. The molecule has 1 fully saturated rings. The molecule has 2 heterocycles. The fourth-order valence-corrected chi connectivity index (χ4v) is 5.43. The third-order valence-electron chi connectivity index (χ3n) is 5.97. The average Bonchev–Trinajstić information content (AvgIpc) is 2.83. The van der Waals surface area contributed by atoms with Gasteiger partial charge in [0.15, 0.2) is 6.10 Å². The van der Waals surface area contributed by atoms with Crippen molar-refractivity contribution >= 4 is 27.5 Å². The number of amides is 2. The predicted octanol–water partition coefficient (Wildman–Crippen LogP) is 2.13. The standard InChI is InChI=1S/C23H27N3O6S/c1-15-22(27)25-20-13-19(7-8-21(20)32-15)33(29,30)26-11-9-17(10-12-26)23(28)24-14-16-3-5-18(31-2)6-4-16/h3-8,13,15,17H,9-12,14H2,1-2H3,(H,24,28)(H,25,27)/t15-/m0/s1. The number of carbonyl (C=O) groups is 2. The molecule has 1 atom stereocenters. The number of piperidine rings is 1. The summed E-state index contributed by atoms with van der Waals surface area (Å²) in [6, 6.07) is 11.9. The number of ether oxygens (including phenoxy) is 2. The minimum absolute atomic E-state index is 0.0781. The molecule has 0 radical (unpaired) electrons. The van der Waals surface area contributed by atoms with Gasteiger partial charge in [0, 0.05) is 25.6 Å². The molecule has 9 nitrogen and oxygen atoms in total. The number of carbonyl (C=O) groups excluding carboxylic acids is 2. The van der Waals surface area contributed by atoms with Gasteiger partial charge in [-0.1, -0.05) is 12.1 Å². The second-order valence-electron chi connectivity index (χ2n) is 8.15. The highest BCUT2D eigenvalue weighted by Gasteiger charge is 2.33. The molecule has 176 valence electrons. The lowest BCUT2D eigenvalue weighted by Crippen LogP contribution is -2.43. The Hall–Kier alpha value is -3.11. The molecule has 2 aliphatic heterocycles. The summed E-state index contributed by atoms with van der Waals surface area (Å²) in [6.07, 6.45) is 0.251. The monoisotopic (exact) mass is 473 g/mol. The van der Waals surface area contributed by atoms with Crippen molar-refractivity contribution in [1.82, 2.24) is 9.62 Å². The molecule has 0 unspecified atom stereocenters. The molecular formula is C23H27N3O6S. The SMILES string of the molecule is COc1ccc(CNC(=O)C2CCN(S(=O)(=O)c3ccc4c(c3)NC(=O)[C@H](C)O4)CC2)cc1. The maximum absolute atomic E-state index is 13.1. The van der Waals surface area contributed by atoms with Crippen LogP contribution in [0.15, 0.2) is 47.4 Å². The second kappa shape index (κ2) is 9.40. The molecule has 0 spiro atoms. The number of hydrogen-bond donors (Lipinski definition) is 2. The summed E-state index contributed by atoms with van der Waals surface area (Å²) >= 11 is 0. The minimum Gasteiger partial charge on any atom is -0.497 e.